The maximum atomic E-state index is 12.6. The second-order valence-corrected chi connectivity index (χ2v) is 5.93. The van der Waals surface area contributed by atoms with E-state index in [2.05, 4.69) is 6.07 Å². The number of hydrogen-bond acceptors (Lipinski definition) is 3. The number of nitrogens with zero attached hydrogens (tertiary/aromatic N) is 2. The van der Waals surface area contributed by atoms with E-state index >= 15 is 0 Å². The van der Waals surface area contributed by atoms with Gasteiger partial charge in [-0.15, -0.1) is 0 Å². The van der Waals surface area contributed by atoms with Crippen molar-refractivity contribution in [1.29, 1.82) is 5.26 Å². The number of carbonyl (C=O) groups is 1. The SMILES string of the molecule is CN(CC1CCCO1)C(=O)C1(C#N)CCCCCC1. The first-order valence-electron chi connectivity index (χ1n) is 7.46. The number of carbonyl (C=O) groups excluding carboxylic acids is 1. The third kappa shape index (κ3) is 3.27. The Labute approximate surface area is 115 Å². The van der Waals surface area contributed by atoms with Crippen molar-refractivity contribution in [2.45, 2.75) is 57.5 Å². The van der Waals surface area contributed by atoms with E-state index in [4.69, 9.17) is 4.74 Å². The summed E-state index contributed by atoms with van der Waals surface area (Å²) in [6, 6.07) is 2.33. The number of ether oxygens (including phenoxy) is 1. The Morgan fingerprint density at radius 3 is 2.53 bits per heavy atom. The van der Waals surface area contributed by atoms with Crippen molar-refractivity contribution in [3.05, 3.63) is 0 Å². The first-order chi connectivity index (χ1) is 9.18. The molecule has 1 saturated heterocycles. The average Bonchev–Trinajstić information content (AvgIpc) is 2.80. The quantitative estimate of drug-likeness (QED) is 0.736. The van der Waals surface area contributed by atoms with Crippen LogP contribution in [0.1, 0.15) is 51.4 Å². The summed E-state index contributed by atoms with van der Waals surface area (Å²) in [5, 5.41) is 9.52. The molecule has 106 valence electrons. The summed E-state index contributed by atoms with van der Waals surface area (Å²) in [6.07, 6.45) is 7.98. The van der Waals surface area contributed by atoms with Gasteiger partial charge in [-0.2, -0.15) is 5.26 Å². The molecular weight excluding hydrogens is 240 g/mol. The molecule has 4 nitrogen and oxygen atoms in total. The van der Waals surface area contributed by atoms with Crippen LogP contribution in [0.3, 0.4) is 0 Å². The summed E-state index contributed by atoms with van der Waals surface area (Å²) < 4.78 is 5.58. The molecule has 0 bridgehead atoms. The van der Waals surface area contributed by atoms with E-state index in [9.17, 15) is 10.1 Å². The van der Waals surface area contributed by atoms with E-state index in [1.807, 2.05) is 7.05 Å². The van der Waals surface area contributed by atoms with Gasteiger partial charge in [0.25, 0.3) is 0 Å². The van der Waals surface area contributed by atoms with Crippen LogP contribution < -0.4 is 0 Å². The van der Waals surface area contributed by atoms with E-state index in [-0.39, 0.29) is 12.0 Å². The van der Waals surface area contributed by atoms with E-state index < -0.39 is 5.41 Å². The Hall–Kier alpha value is -1.08. The second-order valence-electron chi connectivity index (χ2n) is 5.93. The minimum Gasteiger partial charge on any atom is -0.376 e. The van der Waals surface area contributed by atoms with Gasteiger partial charge in [-0.25, -0.2) is 0 Å². The van der Waals surface area contributed by atoms with Gasteiger partial charge in [-0.3, -0.25) is 4.79 Å². The lowest BCUT2D eigenvalue weighted by atomic mass is 9.80. The van der Waals surface area contributed by atoms with Crippen molar-refractivity contribution >= 4 is 5.91 Å². The van der Waals surface area contributed by atoms with Gasteiger partial charge < -0.3 is 9.64 Å². The largest absolute Gasteiger partial charge is 0.376 e. The zero-order chi connectivity index (χ0) is 13.7. The van der Waals surface area contributed by atoms with Crippen molar-refractivity contribution < 1.29 is 9.53 Å². The summed E-state index contributed by atoms with van der Waals surface area (Å²) >= 11 is 0. The van der Waals surface area contributed by atoms with E-state index in [1.54, 1.807) is 4.90 Å². The van der Waals surface area contributed by atoms with E-state index in [1.165, 1.54) is 0 Å². The lowest BCUT2D eigenvalue weighted by Gasteiger charge is -2.30. The van der Waals surface area contributed by atoms with Crippen LogP contribution in [0.2, 0.25) is 0 Å². The van der Waals surface area contributed by atoms with Gasteiger partial charge in [-0.1, -0.05) is 25.7 Å². The lowest BCUT2D eigenvalue weighted by Crippen LogP contribution is -2.44. The van der Waals surface area contributed by atoms with Crippen molar-refractivity contribution in [2.75, 3.05) is 20.2 Å². The molecule has 1 unspecified atom stereocenters. The molecule has 1 aliphatic heterocycles. The molecule has 0 N–H and O–H groups in total. The first kappa shape index (κ1) is 14.3. The van der Waals surface area contributed by atoms with Crippen LogP contribution in [0.15, 0.2) is 0 Å². The smallest absolute Gasteiger partial charge is 0.242 e. The number of likely N-dealkylation sites (N-methyl/N-ethyl adjacent to an activating group) is 1. The molecule has 1 aliphatic carbocycles. The monoisotopic (exact) mass is 264 g/mol. The van der Waals surface area contributed by atoms with E-state index in [0.717, 1.165) is 58.0 Å². The predicted molar refractivity (Wildman–Crippen MR) is 72.4 cm³/mol. The maximum Gasteiger partial charge on any atom is 0.242 e. The minimum absolute atomic E-state index is 0.00685. The molecule has 1 saturated carbocycles. The highest BCUT2D eigenvalue weighted by Crippen LogP contribution is 2.36. The first-order valence-corrected chi connectivity index (χ1v) is 7.46. The van der Waals surface area contributed by atoms with Crippen LogP contribution in [0.4, 0.5) is 0 Å². The van der Waals surface area contributed by atoms with Gasteiger partial charge in [0.1, 0.15) is 5.41 Å². The van der Waals surface area contributed by atoms with Crippen LogP contribution in [-0.2, 0) is 9.53 Å². The Morgan fingerprint density at radius 1 is 1.32 bits per heavy atom. The Kier molecular flexibility index (Phi) is 4.81. The van der Waals surface area contributed by atoms with Crippen LogP contribution in [0.5, 0.6) is 0 Å². The third-order valence-electron chi connectivity index (χ3n) is 4.43. The fraction of sp³-hybridized carbons (Fsp3) is 0.867. The highest BCUT2D eigenvalue weighted by atomic mass is 16.5. The molecule has 2 rings (SSSR count). The molecule has 0 aromatic heterocycles. The van der Waals surface area contributed by atoms with Crippen LogP contribution in [-0.4, -0.2) is 37.1 Å². The van der Waals surface area contributed by atoms with Crippen molar-refractivity contribution in [3.8, 4) is 6.07 Å². The maximum absolute atomic E-state index is 12.6. The zero-order valence-electron chi connectivity index (χ0n) is 11.9. The molecule has 0 spiro atoms. The summed E-state index contributed by atoms with van der Waals surface area (Å²) in [5.41, 5.74) is -0.774. The standard InChI is InChI=1S/C15H24N2O2/c1-17(11-13-7-6-10-19-13)14(18)15(12-16)8-4-2-3-5-9-15/h13H,2-11H2,1H3. The number of rotatable bonds is 3. The lowest BCUT2D eigenvalue weighted by molar-refractivity contribution is -0.139. The highest BCUT2D eigenvalue weighted by molar-refractivity contribution is 5.85. The summed E-state index contributed by atoms with van der Waals surface area (Å²) in [4.78, 5) is 14.4. The predicted octanol–water partition coefficient (Wildman–Crippen LogP) is 2.49. The van der Waals surface area contributed by atoms with E-state index in [0.29, 0.717) is 6.54 Å². The Bertz CT molecular complexity index is 348. The molecule has 0 aromatic carbocycles. The van der Waals surface area contributed by atoms with Crippen molar-refractivity contribution in [2.24, 2.45) is 5.41 Å². The molecular formula is C15H24N2O2. The topological polar surface area (TPSA) is 53.3 Å². The number of nitriles is 1. The fourth-order valence-corrected chi connectivity index (χ4v) is 3.25. The summed E-state index contributed by atoms with van der Waals surface area (Å²) in [7, 11) is 1.81. The molecule has 4 heteroatoms. The average molecular weight is 264 g/mol. The van der Waals surface area contributed by atoms with Crippen molar-refractivity contribution in [1.82, 2.24) is 4.90 Å². The Balaban J connectivity index is 2.00. The van der Waals surface area contributed by atoms with Gasteiger partial charge in [0.05, 0.1) is 12.2 Å². The molecule has 2 aliphatic rings. The molecule has 0 radical (unpaired) electrons. The molecule has 0 aromatic rings. The molecule has 1 heterocycles. The van der Waals surface area contributed by atoms with Crippen LogP contribution >= 0.6 is 0 Å². The summed E-state index contributed by atoms with van der Waals surface area (Å²) in [6.45, 7) is 1.43. The van der Waals surface area contributed by atoms with Gasteiger partial charge in [0, 0.05) is 20.2 Å². The fourth-order valence-electron chi connectivity index (χ4n) is 3.25. The Morgan fingerprint density at radius 2 is 2.00 bits per heavy atom. The molecule has 1 atom stereocenters. The second kappa shape index (κ2) is 6.38. The molecule has 19 heavy (non-hydrogen) atoms. The van der Waals surface area contributed by atoms with Crippen LogP contribution in [0, 0.1) is 16.7 Å². The molecule has 1 amide bonds. The number of amides is 1. The molecule has 2 fully saturated rings. The van der Waals surface area contributed by atoms with Gasteiger partial charge in [-0.05, 0) is 25.7 Å². The normalized spacial score (nSPS) is 26.4. The van der Waals surface area contributed by atoms with Gasteiger partial charge >= 0.3 is 0 Å². The van der Waals surface area contributed by atoms with Gasteiger partial charge in [0.15, 0.2) is 0 Å². The third-order valence-corrected chi connectivity index (χ3v) is 4.43. The minimum atomic E-state index is -0.774. The zero-order valence-corrected chi connectivity index (χ0v) is 11.9. The van der Waals surface area contributed by atoms with Crippen molar-refractivity contribution in [3.63, 3.8) is 0 Å². The highest BCUT2D eigenvalue weighted by Gasteiger charge is 2.41. The van der Waals surface area contributed by atoms with Gasteiger partial charge in [0.2, 0.25) is 5.91 Å². The van der Waals surface area contributed by atoms with Crippen LogP contribution in [0.25, 0.3) is 0 Å². The number of hydrogen-bond donors (Lipinski definition) is 0. The summed E-state index contributed by atoms with van der Waals surface area (Å²) in [5.74, 6) is 0.00685.